The standard InChI is InChI=1S/C50H74N10O13/c1-26(2)23-37-45(66)58-41(49(71)72)30(6)42(63)56-36(17-14-22-54-50(52)53)47(68)60(38(48(69)70)20-21-40(62)59(10)32(8)44(65)55-31(7)43(64)57-37)46(67)29(5)35(51)19-18-27(3)24-28(4)39(73-33(9)61)25-34-15-12-11-13-16-34/h11-13,15-19,24,26,28-32,35,37-39,41H,14,20-23,25,51H2,1-10H3,(H,55,65)(H,56,63)(H,57,64)(H,58,66)(H,69,70)(H,71,72)(H4,52,53,54). The number of rotatable bonds is 16. The number of amides is 7. The normalized spacial score (nSPS) is 23.8. The summed E-state index contributed by atoms with van der Waals surface area (Å²) in [7, 11) is 1.25. The minimum absolute atomic E-state index is 0.00870. The van der Waals surface area contributed by atoms with E-state index in [1.807, 2.05) is 43.3 Å². The zero-order chi connectivity index (χ0) is 55.4. The van der Waals surface area contributed by atoms with Crippen LogP contribution >= 0.6 is 0 Å². The maximum atomic E-state index is 14.9. The smallest absolute Gasteiger partial charge is 0.327 e. The lowest BCUT2D eigenvalue weighted by Gasteiger charge is -2.32. The number of carboxylic acid groups (broad SMARTS) is 2. The summed E-state index contributed by atoms with van der Waals surface area (Å²) in [4.78, 5) is 141. The first-order valence-corrected chi connectivity index (χ1v) is 24.0. The lowest BCUT2D eigenvalue weighted by Crippen LogP contribution is -2.58. The van der Waals surface area contributed by atoms with Crippen LogP contribution in [0, 0.1) is 23.7 Å². The summed E-state index contributed by atoms with van der Waals surface area (Å²) in [5, 5.41) is 30.6. The van der Waals surface area contributed by atoms with Gasteiger partial charge < -0.3 is 58.3 Å². The maximum Gasteiger partial charge on any atom is 0.327 e. The Bertz CT molecular complexity index is 2300. The molecule has 0 saturated carbocycles. The molecule has 23 heteroatoms. The monoisotopic (exact) mass is 1020 g/mol. The molecule has 73 heavy (non-hydrogen) atoms. The second kappa shape index (κ2) is 29.2. The number of esters is 1. The lowest BCUT2D eigenvalue weighted by molar-refractivity contribution is -0.159. The average molecular weight is 1020 g/mol. The minimum Gasteiger partial charge on any atom is -0.480 e. The summed E-state index contributed by atoms with van der Waals surface area (Å²) in [6.45, 7) is 13.3. The summed E-state index contributed by atoms with van der Waals surface area (Å²) in [5.41, 5.74) is 18.4. The van der Waals surface area contributed by atoms with Gasteiger partial charge in [-0.25, -0.2) is 9.59 Å². The number of nitrogens with zero attached hydrogens (tertiary/aromatic N) is 3. The lowest BCUT2D eigenvalue weighted by atomic mass is 9.94. The van der Waals surface area contributed by atoms with Crippen LogP contribution in [0.3, 0.4) is 0 Å². The number of guanidine groups is 1. The number of benzene rings is 1. The van der Waals surface area contributed by atoms with Gasteiger partial charge in [-0.15, -0.1) is 0 Å². The van der Waals surface area contributed by atoms with Gasteiger partial charge >= 0.3 is 17.9 Å². The molecule has 1 heterocycles. The van der Waals surface area contributed by atoms with E-state index < -0.39 is 132 Å². The summed E-state index contributed by atoms with van der Waals surface area (Å²) in [5.74, 6) is -15.1. The molecule has 0 radical (unpaired) electrons. The molecule has 1 aromatic rings. The Balaban J connectivity index is 2.79. The van der Waals surface area contributed by atoms with Crippen LogP contribution in [0.25, 0.3) is 0 Å². The molecule has 1 aliphatic rings. The van der Waals surface area contributed by atoms with Gasteiger partial charge in [0.2, 0.25) is 35.4 Å². The molecule has 0 aliphatic carbocycles. The van der Waals surface area contributed by atoms with Crippen LogP contribution in [0.15, 0.2) is 70.9 Å². The van der Waals surface area contributed by atoms with Gasteiger partial charge in [-0.3, -0.25) is 48.2 Å². The number of carboxylic acids is 2. The first-order chi connectivity index (χ1) is 34.1. The fraction of sp³-hybridized carbons (Fsp3) is 0.540. The molecule has 1 aliphatic heterocycles. The Morgan fingerprint density at radius 1 is 0.877 bits per heavy atom. The molecule has 402 valence electrons. The number of nitrogens with two attached hydrogens (primary N) is 3. The van der Waals surface area contributed by atoms with E-state index in [4.69, 9.17) is 21.9 Å². The number of carbonyl (C=O) groups excluding carboxylic acids is 8. The third-order valence-corrected chi connectivity index (χ3v) is 12.1. The van der Waals surface area contributed by atoms with Crippen LogP contribution in [0.4, 0.5) is 0 Å². The van der Waals surface area contributed by atoms with Gasteiger partial charge in [0, 0.05) is 45.3 Å². The van der Waals surface area contributed by atoms with Crippen molar-refractivity contribution in [2.75, 3.05) is 13.6 Å². The number of aliphatic carboxylic acids is 2. The van der Waals surface area contributed by atoms with Crippen molar-refractivity contribution in [3.05, 3.63) is 71.5 Å². The summed E-state index contributed by atoms with van der Waals surface area (Å²) in [6, 6.07) is 0.185. The zero-order valence-electron chi connectivity index (χ0n) is 43.2. The van der Waals surface area contributed by atoms with E-state index in [-0.39, 0.29) is 37.2 Å². The number of aliphatic imine (C=N–C) groups is 1. The van der Waals surface area contributed by atoms with Crippen molar-refractivity contribution in [2.45, 2.75) is 137 Å². The van der Waals surface area contributed by atoms with E-state index in [2.05, 4.69) is 26.3 Å². The molecule has 0 bridgehead atoms. The van der Waals surface area contributed by atoms with Gasteiger partial charge in [0.05, 0.1) is 11.8 Å². The highest BCUT2D eigenvalue weighted by molar-refractivity contribution is 6.09. The number of nitrogens with one attached hydrogen (secondary N) is 4. The number of allylic oxidation sites excluding steroid dienone is 2. The fourth-order valence-electron chi connectivity index (χ4n) is 7.55. The fourth-order valence-corrected chi connectivity index (χ4v) is 7.55. The Morgan fingerprint density at radius 2 is 1.51 bits per heavy atom. The largest absolute Gasteiger partial charge is 0.480 e. The summed E-state index contributed by atoms with van der Waals surface area (Å²) in [6.07, 6.45) is 4.24. The Morgan fingerprint density at radius 3 is 2.07 bits per heavy atom. The van der Waals surface area contributed by atoms with E-state index in [9.17, 15) is 58.2 Å². The van der Waals surface area contributed by atoms with Crippen molar-refractivity contribution < 1.29 is 62.9 Å². The van der Waals surface area contributed by atoms with E-state index in [1.54, 1.807) is 26.8 Å². The third-order valence-electron chi connectivity index (χ3n) is 12.1. The molecule has 2 rings (SSSR count). The highest BCUT2D eigenvalue weighted by Gasteiger charge is 2.42. The molecule has 0 aromatic heterocycles. The molecular formula is C50H74N10O13. The molecule has 10 atom stereocenters. The first-order valence-electron chi connectivity index (χ1n) is 24.0. The molecule has 0 spiro atoms. The minimum atomic E-state index is -2.12. The van der Waals surface area contributed by atoms with E-state index in [1.165, 1.54) is 40.8 Å². The zero-order valence-corrected chi connectivity index (χ0v) is 43.2. The topological polar surface area (TPSA) is 365 Å². The van der Waals surface area contributed by atoms with E-state index >= 15 is 0 Å². The predicted octanol–water partition coefficient (Wildman–Crippen LogP) is 0.617. The van der Waals surface area contributed by atoms with Crippen molar-refractivity contribution in [1.82, 2.24) is 31.1 Å². The van der Waals surface area contributed by atoms with Crippen molar-refractivity contribution in [2.24, 2.45) is 45.9 Å². The SMILES string of the molecule is CC(=O)OC(Cc1ccccc1)C(C)C=C(C)C=CC(N)C(C)C(=O)N1C(=O)C(=CCCN=C(N)N)NC(=O)C(C)C(C(=O)O)NC(=O)C(CC(C)C)NC(=O)C(C)NC(=O)C(C)N(C)C(=O)CCC1C(=O)O. The molecule has 10 unspecified atom stereocenters. The van der Waals surface area contributed by atoms with Gasteiger partial charge in [-0.1, -0.05) is 94.8 Å². The Hall–Kier alpha value is -7.43. The predicted molar refractivity (Wildman–Crippen MR) is 269 cm³/mol. The van der Waals surface area contributed by atoms with Crippen molar-refractivity contribution in [3.8, 4) is 0 Å². The second-order valence-electron chi connectivity index (χ2n) is 18.7. The number of hydrogen-bond acceptors (Lipinski definition) is 13. The van der Waals surface area contributed by atoms with Gasteiger partial charge in [0.15, 0.2) is 5.96 Å². The molecular weight excluding hydrogens is 949 g/mol. The van der Waals surface area contributed by atoms with E-state index in [0.717, 1.165) is 23.5 Å². The maximum absolute atomic E-state index is 14.9. The number of likely N-dealkylation sites (N-methyl/N-ethyl adjacent to an activating group) is 1. The van der Waals surface area contributed by atoms with Crippen LogP contribution in [-0.2, 0) is 59.1 Å². The van der Waals surface area contributed by atoms with Crippen molar-refractivity contribution in [1.29, 1.82) is 0 Å². The van der Waals surface area contributed by atoms with Crippen LogP contribution in [-0.4, -0.2) is 141 Å². The van der Waals surface area contributed by atoms with E-state index in [0.29, 0.717) is 16.9 Å². The van der Waals surface area contributed by atoms with Crippen molar-refractivity contribution in [3.63, 3.8) is 0 Å². The van der Waals surface area contributed by atoms with Gasteiger partial charge in [0.25, 0.3) is 5.91 Å². The number of ether oxygens (including phenoxy) is 1. The van der Waals surface area contributed by atoms with Gasteiger partial charge in [-0.05, 0) is 51.5 Å². The summed E-state index contributed by atoms with van der Waals surface area (Å²) >= 11 is 0. The second-order valence-corrected chi connectivity index (χ2v) is 18.7. The van der Waals surface area contributed by atoms with Crippen LogP contribution in [0.5, 0.6) is 0 Å². The van der Waals surface area contributed by atoms with Crippen LogP contribution < -0.4 is 38.5 Å². The number of hydrogen-bond donors (Lipinski definition) is 9. The molecule has 7 amide bonds. The summed E-state index contributed by atoms with van der Waals surface area (Å²) < 4.78 is 5.64. The third kappa shape index (κ3) is 19.6. The first kappa shape index (κ1) is 61.7. The molecule has 23 nitrogen and oxygen atoms in total. The van der Waals surface area contributed by atoms with Crippen molar-refractivity contribution >= 4 is 65.2 Å². The van der Waals surface area contributed by atoms with Crippen LogP contribution in [0.1, 0.15) is 93.6 Å². The number of carbonyl (C=O) groups is 10. The highest BCUT2D eigenvalue weighted by atomic mass is 16.5. The Labute approximate surface area is 425 Å². The molecule has 1 fully saturated rings. The molecule has 1 saturated heterocycles. The Kier molecular flexibility index (Phi) is 24.7. The van der Waals surface area contributed by atoms with Crippen LogP contribution in [0.2, 0.25) is 0 Å². The van der Waals surface area contributed by atoms with Gasteiger partial charge in [-0.2, -0.15) is 0 Å². The number of imide groups is 1. The molecule has 1 aromatic carbocycles. The quantitative estimate of drug-likeness (QED) is 0.0274. The average Bonchev–Trinajstić information content (AvgIpc) is 3.31. The highest BCUT2D eigenvalue weighted by Crippen LogP contribution is 2.22. The van der Waals surface area contributed by atoms with Gasteiger partial charge in [0.1, 0.15) is 42.0 Å². The molecule has 12 N–H and O–H groups in total.